The molecule has 7 heteroatoms. The lowest BCUT2D eigenvalue weighted by Crippen LogP contribution is -2.30. The van der Waals surface area contributed by atoms with Gasteiger partial charge >= 0.3 is 0 Å². The summed E-state index contributed by atoms with van der Waals surface area (Å²) < 4.78 is 27.0. The minimum absolute atomic E-state index is 0.179. The molecule has 4 rings (SSSR count). The first-order valence-corrected chi connectivity index (χ1v) is 12.3. The zero-order chi connectivity index (χ0) is 22.2. The molecule has 0 fully saturated rings. The number of aryl methyl sites for hydroxylation is 1. The van der Waals surface area contributed by atoms with Crippen LogP contribution in [0.3, 0.4) is 0 Å². The number of anilines is 1. The molecule has 0 aliphatic heterocycles. The van der Waals surface area contributed by atoms with Gasteiger partial charge in [-0.2, -0.15) is 4.31 Å². The van der Waals surface area contributed by atoms with Crippen LogP contribution in [0.1, 0.15) is 48.8 Å². The van der Waals surface area contributed by atoms with Crippen molar-refractivity contribution in [3.8, 4) is 0 Å². The van der Waals surface area contributed by atoms with Gasteiger partial charge in [0.25, 0.3) is 5.91 Å². The molecule has 6 nitrogen and oxygen atoms in total. The molecule has 2 aromatic carbocycles. The average Bonchev–Trinajstić information content (AvgIpc) is 3.11. The minimum Gasteiger partial charge on any atom is -0.358 e. The van der Waals surface area contributed by atoms with Gasteiger partial charge in [-0.25, -0.2) is 8.42 Å². The highest BCUT2D eigenvalue weighted by Crippen LogP contribution is 2.32. The third kappa shape index (κ3) is 4.12. The second kappa shape index (κ2) is 8.48. The molecule has 0 spiro atoms. The molecule has 1 aliphatic rings. The highest BCUT2D eigenvalue weighted by Gasteiger charge is 2.23. The number of aromatic nitrogens is 1. The number of amides is 1. The Bertz CT molecular complexity index is 1230. The lowest BCUT2D eigenvalue weighted by atomic mass is 9.87. The van der Waals surface area contributed by atoms with Crippen molar-refractivity contribution in [1.29, 1.82) is 0 Å². The number of H-pyrrole nitrogens is 1. The zero-order valence-electron chi connectivity index (χ0n) is 18.2. The monoisotopic (exact) mass is 439 g/mol. The van der Waals surface area contributed by atoms with E-state index in [1.807, 2.05) is 26.0 Å². The normalized spacial score (nSPS) is 16.5. The molecule has 1 heterocycles. The number of aromatic amines is 1. The van der Waals surface area contributed by atoms with E-state index >= 15 is 0 Å². The maximum absolute atomic E-state index is 12.9. The van der Waals surface area contributed by atoms with E-state index in [2.05, 4.69) is 17.2 Å². The first-order valence-electron chi connectivity index (χ1n) is 10.9. The van der Waals surface area contributed by atoms with Crippen LogP contribution in [0.4, 0.5) is 5.69 Å². The number of benzene rings is 2. The van der Waals surface area contributed by atoms with Crippen molar-refractivity contribution in [3.63, 3.8) is 0 Å². The van der Waals surface area contributed by atoms with Gasteiger partial charge in [-0.1, -0.05) is 26.8 Å². The van der Waals surface area contributed by atoms with E-state index in [1.165, 1.54) is 28.0 Å². The first-order chi connectivity index (χ1) is 14.8. The number of fused-ring (bicyclic) bond motifs is 3. The Balaban J connectivity index is 1.60. The molecule has 2 N–H and O–H groups in total. The van der Waals surface area contributed by atoms with Crippen molar-refractivity contribution in [2.45, 2.75) is 44.9 Å². The third-order valence-corrected chi connectivity index (χ3v) is 8.18. The molecule has 1 atom stereocenters. The average molecular weight is 440 g/mol. The van der Waals surface area contributed by atoms with Crippen molar-refractivity contribution >= 4 is 32.5 Å². The zero-order valence-corrected chi connectivity index (χ0v) is 19.1. The summed E-state index contributed by atoms with van der Waals surface area (Å²) >= 11 is 0. The van der Waals surface area contributed by atoms with E-state index in [-0.39, 0.29) is 10.8 Å². The van der Waals surface area contributed by atoms with Crippen LogP contribution < -0.4 is 5.32 Å². The number of nitrogens with one attached hydrogen (secondary N) is 2. The Labute approximate surface area is 183 Å². The van der Waals surface area contributed by atoms with Crippen LogP contribution >= 0.6 is 0 Å². The molecular weight excluding hydrogens is 410 g/mol. The summed E-state index contributed by atoms with van der Waals surface area (Å²) in [7, 11) is -3.58. The Morgan fingerprint density at radius 2 is 1.94 bits per heavy atom. The van der Waals surface area contributed by atoms with Crippen LogP contribution in [0.25, 0.3) is 10.9 Å². The molecule has 3 aromatic rings. The predicted molar refractivity (Wildman–Crippen MR) is 124 cm³/mol. The van der Waals surface area contributed by atoms with Gasteiger partial charge < -0.3 is 10.3 Å². The third-order valence-electron chi connectivity index (χ3n) is 6.13. The van der Waals surface area contributed by atoms with E-state index < -0.39 is 10.0 Å². The lowest BCUT2D eigenvalue weighted by molar-refractivity contribution is 0.102. The van der Waals surface area contributed by atoms with Crippen molar-refractivity contribution in [2.24, 2.45) is 5.92 Å². The summed E-state index contributed by atoms with van der Waals surface area (Å²) in [6.07, 6.45) is 3.24. The van der Waals surface area contributed by atoms with Crippen molar-refractivity contribution in [3.05, 3.63) is 59.3 Å². The smallest absolute Gasteiger partial charge is 0.255 e. The Hall–Kier alpha value is -2.64. The van der Waals surface area contributed by atoms with Crippen LogP contribution in [-0.4, -0.2) is 36.7 Å². The Morgan fingerprint density at radius 3 is 2.68 bits per heavy atom. The SMILES string of the molecule is CCN(CC)S(=O)(=O)c1cccc(NC(=O)c2ccc3[nH]c4c(c3c2)C[C@H](C)CC4)c1. The van der Waals surface area contributed by atoms with E-state index in [1.54, 1.807) is 24.3 Å². The van der Waals surface area contributed by atoms with Crippen LogP contribution in [0.5, 0.6) is 0 Å². The number of hydrogen-bond donors (Lipinski definition) is 2. The van der Waals surface area contributed by atoms with E-state index in [0.29, 0.717) is 30.3 Å². The van der Waals surface area contributed by atoms with Crippen molar-refractivity contribution < 1.29 is 13.2 Å². The maximum Gasteiger partial charge on any atom is 0.255 e. The van der Waals surface area contributed by atoms with Gasteiger partial charge in [0.1, 0.15) is 0 Å². The van der Waals surface area contributed by atoms with Gasteiger partial charge in [0.05, 0.1) is 4.90 Å². The Morgan fingerprint density at radius 1 is 1.16 bits per heavy atom. The summed E-state index contributed by atoms with van der Waals surface area (Å²) in [6, 6.07) is 12.1. The number of nitrogens with zero attached hydrogens (tertiary/aromatic N) is 1. The van der Waals surface area contributed by atoms with Crippen molar-refractivity contribution in [2.75, 3.05) is 18.4 Å². The molecule has 1 amide bonds. The summed E-state index contributed by atoms with van der Waals surface area (Å²) in [5.74, 6) is 0.387. The number of carbonyl (C=O) groups is 1. The molecule has 31 heavy (non-hydrogen) atoms. The lowest BCUT2D eigenvalue weighted by Gasteiger charge is -2.19. The number of sulfonamides is 1. The van der Waals surface area contributed by atoms with Crippen LogP contribution in [0.2, 0.25) is 0 Å². The van der Waals surface area contributed by atoms with Gasteiger partial charge in [-0.05, 0) is 67.1 Å². The van der Waals surface area contributed by atoms with Gasteiger partial charge in [0, 0.05) is 40.9 Å². The topological polar surface area (TPSA) is 82.3 Å². The summed E-state index contributed by atoms with van der Waals surface area (Å²) in [4.78, 5) is 16.6. The van der Waals surface area contributed by atoms with Gasteiger partial charge in [-0.15, -0.1) is 0 Å². The van der Waals surface area contributed by atoms with Gasteiger partial charge in [0.2, 0.25) is 10.0 Å². The number of carbonyl (C=O) groups excluding carboxylic acids is 1. The first kappa shape index (κ1) is 21.6. The molecule has 0 unspecified atom stereocenters. The summed E-state index contributed by atoms with van der Waals surface area (Å²) in [5.41, 5.74) is 4.67. The second-order valence-corrected chi connectivity index (χ2v) is 10.2. The van der Waals surface area contributed by atoms with Crippen LogP contribution in [-0.2, 0) is 22.9 Å². The fourth-order valence-electron chi connectivity index (χ4n) is 4.38. The van der Waals surface area contributed by atoms with E-state index in [0.717, 1.165) is 23.7 Å². The number of rotatable bonds is 6. The fourth-order valence-corrected chi connectivity index (χ4v) is 5.89. The fraction of sp³-hybridized carbons (Fsp3) is 0.375. The molecule has 164 valence electrons. The molecule has 1 aliphatic carbocycles. The molecule has 0 radical (unpaired) electrons. The van der Waals surface area contributed by atoms with E-state index in [9.17, 15) is 13.2 Å². The summed E-state index contributed by atoms with van der Waals surface area (Å²) in [5, 5.41) is 3.96. The molecular formula is C24H29N3O3S. The standard InChI is InChI=1S/C24H29N3O3S/c1-4-27(5-2)31(29,30)19-8-6-7-18(15-19)25-24(28)17-10-12-23-21(14-17)20-13-16(3)9-11-22(20)26-23/h6-8,10,12,14-16,26H,4-5,9,11,13H2,1-3H3,(H,25,28)/t16-/m1/s1. The van der Waals surface area contributed by atoms with Gasteiger partial charge in [-0.3, -0.25) is 4.79 Å². The molecule has 0 saturated carbocycles. The molecule has 0 bridgehead atoms. The summed E-state index contributed by atoms with van der Waals surface area (Å²) in [6.45, 7) is 6.67. The largest absolute Gasteiger partial charge is 0.358 e. The quantitative estimate of drug-likeness (QED) is 0.590. The highest BCUT2D eigenvalue weighted by atomic mass is 32.2. The van der Waals surface area contributed by atoms with Crippen molar-refractivity contribution in [1.82, 2.24) is 9.29 Å². The van der Waals surface area contributed by atoms with Crippen LogP contribution in [0, 0.1) is 5.92 Å². The predicted octanol–water partition coefficient (Wildman–Crippen LogP) is 4.58. The molecule has 0 saturated heterocycles. The van der Waals surface area contributed by atoms with E-state index in [4.69, 9.17) is 0 Å². The Kier molecular flexibility index (Phi) is 5.90. The number of hydrogen-bond acceptors (Lipinski definition) is 3. The minimum atomic E-state index is -3.58. The van der Waals surface area contributed by atoms with Crippen LogP contribution in [0.15, 0.2) is 47.4 Å². The highest BCUT2D eigenvalue weighted by molar-refractivity contribution is 7.89. The molecule has 1 aromatic heterocycles. The maximum atomic E-state index is 12.9. The van der Waals surface area contributed by atoms with Gasteiger partial charge in [0.15, 0.2) is 0 Å². The second-order valence-electron chi connectivity index (χ2n) is 8.26.